The molecule has 0 aliphatic rings. The predicted octanol–water partition coefficient (Wildman–Crippen LogP) is 4.01. The number of carbonyl (C=O) groups excluding carboxylic acids is 1. The molecule has 5 nitrogen and oxygen atoms in total. The number of oxazole rings is 1. The fourth-order valence-electron chi connectivity index (χ4n) is 2.98. The summed E-state index contributed by atoms with van der Waals surface area (Å²) in [4.78, 5) is 18.9. The lowest BCUT2D eigenvalue weighted by Crippen LogP contribution is -2.27. The highest BCUT2D eigenvalue weighted by atomic mass is 16.4. The van der Waals surface area contributed by atoms with Gasteiger partial charge in [0.25, 0.3) is 0 Å². The maximum atomic E-state index is 12.1. The van der Waals surface area contributed by atoms with Crippen LogP contribution in [0.4, 0.5) is 0 Å². The van der Waals surface area contributed by atoms with Crippen molar-refractivity contribution in [1.29, 1.82) is 0 Å². The van der Waals surface area contributed by atoms with Crippen LogP contribution in [0.25, 0.3) is 22.6 Å². The number of rotatable bonds is 9. The Morgan fingerprint density at radius 1 is 1.00 bits per heavy atom. The molecule has 146 valence electrons. The largest absolute Gasteiger partial charge is 0.440 e. The van der Waals surface area contributed by atoms with Gasteiger partial charge in [-0.1, -0.05) is 60.7 Å². The molecular weight excluding hydrogens is 350 g/mol. The van der Waals surface area contributed by atoms with Gasteiger partial charge >= 0.3 is 0 Å². The van der Waals surface area contributed by atoms with Crippen molar-refractivity contribution in [2.75, 3.05) is 27.2 Å². The van der Waals surface area contributed by atoms with E-state index < -0.39 is 0 Å². The Balaban J connectivity index is 1.69. The van der Waals surface area contributed by atoms with E-state index in [-0.39, 0.29) is 5.91 Å². The first-order chi connectivity index (χ1) is 13.6. The summed E-state index contributed by atoms with van der Waals surface area (Å²) in [7, 11) is 4.05. The number of nitrogens with one attached hydrogen (secondary N) is 1. The molecule has 0 bridgehead atoms. The van der Waals surface area contributed by atoms with Crippen molar-refractivity contribution in [3.05, 3.63) is 66.6 Å². The number of amides is 1. The summed E-state index contributed by atoms with van der Waals surface area (Å²) in [5.41, 5.74) is 2.80. The minimum absolute atomic E-state index is 0.0273. The normalized spacial score (nSPS) is 11.0. The Kier molecular flexibility index (Phi) is 6.98. The molecule has 1 N–H and O–H groups in total. The molecule has 28 heavy (non-hydrogen) atoms. The van der Waals surface area contributed by atoms with Crippen LogP contribution in [0.2, 0.25) is 0 Å². The number of aromatic nitrogens is 1. The summed E-state index contributed by atoms with van der Waals surface area (Å²) in [5, 5.41) is 2.96. The van der Waals surface area contributed by atoms with E-state index in [1.807, 2.05) is 74.8 Å². The fourth-order valence-corrected chi connectivity index (χ4v) is 2.98. The SMILES string of the molecule is CN(C)CCCNC(=O)CCc1nc(-c2ccccc2)c(-c2ccccc2)o1. The van der Waals surface area contributed by atoms with Gasteiger partial charge in [0.2, 0.25) is 5.91 Å². The smallest absolute Gasteiger partial charge is 0.220 e. The molecule has 0 saturated carbocycles. The summed E-state index contributed by atoms with van der Waals surface area (Å²) in [6.07, 6.45) is 1.78. The predicted molar refractivity (Wildman–Crippen MR) is 112 cm³/mol. The van der Waals surface area contributed by atoms with Crippen LogP contribution in [-0.4, -0.2) is 43.0 Å². The fraction of sp³-hybridized carbons (Fsp3) is 0.304. The van der Waals surface area contributed by atoms with Gasteiger partial charge in [-0.25, -0.2) is 4.98 Å². The second kappa shape index (κ2) is 9.85. The molecule has 0 atom stereocenters. The van der Waals surface area contributed by atoms with E-state index in [0.717, 1.165) is 35.5 Å². The summed E-state index contributed by atoms with van der Waals surface area (Å²) < 4.78 is 6.06. The average molecular weight is 377 g/mol. The molecule has 0 radical (unpaired) electrons. The summed E-state index contributed by atoms with van der Waals surface area (Å²) in [6, 6.07) is 19.9. The monoisotopic (exact) mass is 377 g/mol. The van der Waals surface area contributed by atoms with Gasteiger partial charge in [-0.05, 0) is 27.1 Å². The molecule has 0 fully saturated rings. The first-order valence-electron chi connectivity index (χ1n) is 9.65. The Morgan fingerprint density at radius 2 is 1.64 bits per heavy atom. The second-order valence-corrected chi connectivity index (χ2v) is 7.02. The Labute approximate surface area is 166 Å². The molecule has 1 heterocycles. The molecule has 0 spiro atoms. The standard InChI is InChI=1S/C23H27N3O2/c1-26(2)17-9-16-24-20(27)14-15-21-25-22(18-10-5-3-6-11-18)23(28-21)19-12-7-4-8-13-19/h3-8,10-13H,9,14-17H2,1-2H3,(H,24,27). The lowest BCUT2D eigenvalue weighted by atomic mass is 10.1. The van der Waals surface area contributed by atoms with Crippen LogP contribution in [0.5, 0.6) is 0 Å². The number of hydrogen-bond donors (Lipinski definition) is 1. The lowest BCUT2D eigenvalue weighted by Gasteiger charge is -2.09. The van der Waals surface area contributed by atoms with Gasteiger partial charge in [-0.2, -0.15) is 0 Å². The number of benzene rings is 2. The van der Waals surface area contributed by atoms with E-state index in [4.69, 9.17) is 9.40 Å². The Morgan fingerprint density at radius 3 is 2.29 bits per heavy atom. The molecule has 0 unspecified atom stereocenters. The third kappa shape index (κ3) is 5.54. The maximum Gasteiger partial charge on any atom is 0.220 e. The van der Waals surface area contributed by atoms with Crippen LogP contribution in [0.3, 0.4) is 0 Å². The first-order valence-corrected chi connectivity index (χ1v) is 9.65. The molecule has 5 heteroatoms. The van der Waals surface area contributed by atoms with E-state index >= 15 is 0 Å². The lowest BCUT2D eigenvalue weighted by molar-refractivity contribution is -0.121. The van der Waals surface area contributed by atoms with Gasteiger partial charge in [0.1, 0.15) is 5.69 Å². The zero-order chi connectivity index (χ0) is 19.8. The Bertz CT molecular complexity index is 816. The van der Waals surface area contributed by atoms with E-state index in [2.05, 4.69) is 10.2 Å². The van der Waals surface area contributed by atoms with Gasteiger partial charge in [-0.15, -0.1) is 0 Å². The topological polar surface area (TPSA) is 58.4 Å². The third-order valence-electron chi connectivity index (χ3n) is 4.42. The number of carbonyl (C=O) groups is 1. The number of hydrogen-bond acceptors (Lipinski definition) is 4. The number of nitrogens with zero attached hydrogens (tertiary/aromatic N) is 2. The molecule has 1 amide bonds. The molecule has 2 aromatic carbocycles. The maximum absolute atomic E-state index is 12.1. The van der Waals surface area contributed by atoms with Gasteiger partial charge in [-0.3, -0.25) is 4.79 Å². The first kappa shape index (κ1) is 19.8. The molecule has 0 aliphatic carbocycles. The summed E-state index contributed by atoms with van der Waals surface area (Å²) >= 11 is 0. The molecule has 1 aromatic heterocycles. The third-order valence-corrected chi connectivity index (χ3v) is 4.42. The highest BCUT2D eigenvalue weighted by molar-refractivity contribution is 5.77. The van der Waals surface area contributed by atoms with Crippen molar-refractivity contribution < 1.29 is 9.21 Å². The van der Waals surface area contributed by atoms with Crippen molar-refractivity contribution in [2.45, 2.75) is 19.3 Å². The van der Waals surface area contributed by atoms with Crippen LogP contribution < -0.4 is 5.32 Å². The highest BCUT2D eigenvalue weighted by Crippen LogP contribution is 2.32. The zero-order valence-corrected chi connectivity index (χ0v) is 16.5. The average Bonchev–Trinajstić information content (AvgIpc) is 3.15. The van der Waals surface area contributed by atoms with Crippen molar-refractivity contribution in [2.24, 2.45) is 0 Å². The van der Waals surface area contributed by atoms with E-state index in [1.165, 1.54) is 0 Å². The van der Waals surface area contributed by atoms with Crippen LogP contribution >= 0.6 is 0 Å². The number of aryl methyl sites for hydroxylation is 1. The minimum Gasteiger partial charge on any atom is -0.440 e. The van der Waals surface area contributed by atoms with E-state index in [0.29, 0.717) is 25.3 Å². The van der Waals surface area contributed by atoms with Crippen molar-refractivity contribution in [3.8, 4) is 22.6 Å². The minimum atomic E-state index is 0.0273. The van der Waals surface area contributed by atoms with E-state index in [1.54, 1.807) is 0 Å². The zero-order valence-electron chi connectivity index (χ0n) is 16.5. The van der Waals surface area contributed by atoms with Gasteiger partial charge in [0.05, 0.1) is 0 Å². The van der Waals surface area contributed by atoms with Gasteiger partial charge in [0.15, 0.2) is 11.7 Å². The summed E-state index contributed by atoms with van der Waals surface area (Å²) in [6.45, 7) is 1.65. The summed E-state index contributed by atoms with van der Waals surface area (Å²) in [5.74, 6) is 1.36. The van der Waals surface area contributed by atoms with Gasteiger partial charge in [0, 0.05) is 30.5 Å². The van der Waals surface area contributed by atoms with Crippen LogP contribution in [0.15, 0.2) is 65.1 Å². The quantitative estimate of drug-likeness (QED) is 0.573. The van der Waals surface area contributed by atoms with Crippen molar-refractivity contribution >= 4 is 5.91 Å². The van der Waals surface area contributed by atoms with E-state index in [9.17, 15) is 4.79 Å². The van der Waals surface area contributed by atoms with Crippen LogP contribution in [0, 0.1) is 0 Å². The molecule has 3 aromatic rings. The van der Waals surface area contributed by atoms with Gasteiger partial charge < -0.3 is 14.6 Å². The second-order valence-electron chi connectivity index (χ2n) is 7.02. The molecular formula is C23H27N3O2. The molecule has 0 saturated heterocycles. The van der Waals surface area contributed by atoms with Crippen LogP contribution in [-0.2, 0) is 11.2 Å². The molecule has 0 aliphatic heterocycles. The van der Waals surface area contributed by atoms with Crippen molar-refractivity contribution in [3.63, 3.8) is 0 Å². The highest BCUT2D eigenvalue weighted by Gasteiger charge is 2.17. The van der Waals surface area contributed by atoms with Crippen molar-refractivity contribution in [1.82, 2.24) is 15.2 Å². The molecule has 3 rings (SSSR count). The van der Waals surface area contributed by atoms with Crippen LogP contribution in [0.1, 0.15) is 18.7 Å². The Hall–Kier alpha value is -2.92.